The van der Waals surface area contributed by atoms with Crippen LogP contribution in [0.5, 0.6) is 0 Å². The summed E-state index contributed by atoms with van der Waals surface area (Å²) >= 11 is 0. The average molecular weight is 381 g/mol. The van der Waals surface area contributed by atoms with Crippen LogP contribution in [0, 0.1) is 35.4 Å². The number of benzene rings is 1. The zero-order valence-corrected chi connectivity index (χ0v) is 17.6. The van der Waals surface area contributed by atoms with E-state index in [0.29, 0.717) is 11.8 Å². The molecule has 0 bridgehead atoms. The SMILES string of the molecule is CCCCCC1CCC(/C=C/C#CC2CCC(c3ccc(F)cc3)CC2)CC1. The topological polar surface area (TPSA) is 0 Å². The van der Waals surface area contributed by atoms with Crippen LogP contribution >= 0.6 is 0 Å². The maximum Gasteiger partial charge on any atom is 0.123 e. The zero-order chi connectivity index (χ0) is 19.6. The van der Waals surface area contributed by atoms with E-state index in [0.717, 1.165) is 11.8 Å². The van der Waals surface area contributed by atoms with Crippen molar-refractivity contribution < 1.29 is 4.39 Å². The molecule has 2 saturated carbocycles. The molecule has 1 heteroatoms. The highest BCUT2D eigenvalue weighted by Crippen LogP contribution is 2.35. The van der Waals surface area contributed by atoms with Gasteiger partial charge in [0.2, 0.25) is 0 Å². The van der Waals surface area contributed by atoms with Gasteiger partial charge < -0.3 is 0 Å². The molecule has 0 nitrogen and oxygen atoms in total. The van der Waals surface area contributed by atoms with Gasteiger partial charge in [-0.3, -0.25) is 0 Å². The van der Waals surface area contributed by atoms with Crippen LogP contribution in [0.4, 0.5) is 4.39 Å². The lowest BCUT2D eigenvalue weighted by molar-refractivity contribution is 0.289. The number of hydrogen-bond donors (Lipinski definition) is 0. The van der Waals surface area contributed by atoms with E-state index >= 15 is 0 Å². The minimum Gasteiger partial charge on any atom is -0.207 e. The summed E-state index contributed by atoms with van der Waals surface area (Å²) in [5.41, 5.74) is 1.29. The molecule has 0 spiro atoms. The minimum atomic E-state index is -0.139. The Kier molecular flexibility index (Phi) is 8.66. The first kappa shape index (κ1) is 21.2. The molecule has 3 rings (SSSR count). The summed E-state index contributed by atoms with van der Waals surface area (Å²) in [6.07, 6.45) is 20.4. The van der Waals surface area contributed by atoms with Crippen molar-refractivity contribution in [1.82, 2.24) is 0 Å². The first-order valence-electron chi connectivity index (χ1n) is 11.7. The predicted molar refractivity (Wildman–Crippen MR) is 118 cm³/mol. The monoisotopic (exact) mass is 380 g/mol. The van der Waals surface area contributed by atoms with Crippen LogP contribution in [0.2, 0.25) is 0 Å². The van der Waals surface area contributed by atoms with Gasteiger partial charge in [-0.2, -0.15) is 0 Å². The van der Waals surface area contributed by atoms with E-state index in [1.54, 1.807) is 12.1 Å². The molecule has 0 atom stereocenters. The second kappa shape index (κ2) is 11.5. The fraction of sp³-hybridized carbons (Fsp3) is 0.630. The maximum absolute atomic E-state index is 13.1. The molecule has 2 aliphatic carbocycles. The van der Waals surface area contributed by atoms with Crippen LogP contribution in [-0.4, -0.2) is 0 Å². The number of allylic oxidation sites excluding steroid dienone is 2. The summed E-state index contributed by atoms with van der Waals surface area (Å²) in [6, 6.07) is 7.08. The Balaban J connectivity index is 1.35. The fourth-order valence-electron chi connectivity index (χ4n) is 5.01. The summed E-state index contributed by atoms with van der Waals surface area (Å²) in [5, 5.41) is 0. The van der Waals surface area contributed by atoms with E-state index in [4.69, 9.17) is 0 Å². The number of halogens is 1. The van der Waals surface area contributed by atoms with Crippen molar-refractivity contribution in [1.29, 1.82) is 0 Å². The Morgan fingerprint density at radius 1 is 0.929 bits per heavy atom. The Morgan fingerprint density at radius 2 is 1.64 bits per heavy atom. The molecule has 0 amide bonds. The van der Waals surface area contributed by atoms with Crippen LogP contribution in [0.25, 0.3) is 0 Å². The highest BCUT2D eigenvalue weighted by atomic mass is 19.1. The van der Waals surface area contributed by atoms with Crippen molar-refractivity contribution in [2.24, 2.45) is 17.8 Å². The van der Waals surface area contributed by atoms with Crippen LogP contribution in [0.3, 0.4) is 0 Å². The van der Waals surface area contributed by atoms with E-state index in [9.17, 15) is 4.39 Å². The van der Waals surface area contributed by atoms with E-state index in [1.807, 2.05) is 12.1 Å². The van der Waals surface area contributed by atoms with Crippen LogP contribution in [0.1, 0.15) is 95.5 Å². The highest BCUT2D eigenvalue weighted by molar-refractivity contribution is 5.23. The zero-order valence-electron chi connectivity index (χ0n) is 17.6. The second-order valence-electron chi connectivity index (χ2n) is 9.02. The van der Waals surface area contributed by atoms with Gasteiger partial charge in [-0.1, -0.05) is 62.7 Å². The van der Waals surface area contributed by atoms with Gasteiger partial charge >= 0.3 is 0 Å². The fourth-order valence-corrected chi connectivity index (χ4v) is 5.01. The van der Waals surface area contributed by atoms with Crippen molar-refractivity contribution in [2.45, 2.75) is 89.9 Å². The van der Waals surface area contributed by atoms with Gasteiger partial charge in [0.1, 0.15) is 5.82 Å². The van der Waals surface area contributed by atoms with Gasteiger partial charge in [-0.15, -0.1) is 0 Å². The molecule has 0 radical (unpaired) electrons. The number of rotatable bonds is 6. The molecular formula is C27H37F. The van der Waals surface area contributed by atoms with Gasteiger partial charge in [0, 0.05) is 5.92 Å². The normalized spacial score (nSPS) is 28.1. The highest BCUT2D eigenvalue weighted by Gasteiger charge is 2.21. The first-order chi connectivity index (χ1) is 13.7. The molecule has 28 heavy (non-hydrogen) atoms. The molecule has 0 unspecified atom stereocenters. The molecule has 2 fully saturated rings. The third kappa shape index (κ3) is 6.80. The Labute approximate surface area is 172 Å². The lowest BCUT2D eigenvalue weighted by Gasteiger charge is -2.26. The van der Waals surface area contributed by atoms with E-state index in [1.165, 1.54) is 82.6 Å². The molecule has 0 aliphatic heterocycles. The predicted octanol–water partition coefficient (Wildman–Crippen LogP) is 8.05. The standard InChI is InChI=1S/C27H37F/c1-2-3-4-7-22-10-12-23(13-11-22)8-5-6-9-24-14-16-25(17-15-24)26-18-20-27(28)21-19-26/h5,8,18-25H,2-4,7,10-17H2,1H3/b8-5+. The number of unbranched alkanes of at least 4 members (excludes halogenated alkanes) is 2. The summed E-state index contributed by atoms with van der Waals surface area (Å²) in [7, 11) is 0. The lowest BCUT2D eigenvalue weighted by atomic mass is 9.79. The first-order valence-corrected chi connectivity index (χ1v) is 11.7. The molecule has 0 aromatic heterocycles. The Hall–Kier alpha value is -1.55. The van der Waals surface area contributed by atoms with Crippen molar-refractivity contribution in [3.63, 3.8) is 0 Å². The summed E-state index contributed by atoms with van der Waals surface area (Å²) < 4.78 is 13.1. The van der Waals surface area contributed by atoms with Gasteiger partial charge in [0.05, 0.1) is 0 Å². The summed E-state index contributed by atoms with van der Waals surface area (Å²) in [4.78, 5) is 0. The average Bonchev–Trinajstić information content (AvgIpc) is 2.73. The van der Waals surface area contributed by atoms with Crippen molar-refractivity contribution in [3.8, 4) is 11.8 Å². The molecule has 1 aromatic rings. The number of hydrogen-bond acceptors (Lipinski definition) is 0. The third-order valence-electron chi connectivity index (χ3n) is 6.92. The molecule has 1 aromatic carbocycles. The Bertz CT molecular complexity index is 644. The van der Waals surface area contributed by atoms with Crippen LogP contribution < -0.4 is 0 Å². The molecule has 0 N–H and O–H groups in total. The Morgan fingerprint density at radius 3 is 2.32 bits per heavy atom. The second-order valence-corrected chi connectivity index (χ2v) is 9.02. The van der Waals surface area contributed by atoms with Gasteiger partial charge in [0.15, 0.2) is 0 Å². The van der Waals surface area contributed by atoms with Gasteiger partial charge in [0.25, 0.3) is 0 Å². The van der Waals surface area contributed by atoms with E-state index < -0.39 is 0 Å². The maximum atomic E-state index is 13.1. The largest absolute Gasteiger partial charge is 0.207 e. The van der Waals surface area contributed by atoms with Crippen molar-refractivity contribution in [2.75, 3.05) is 0 Å². The summed E-state index contributed by atoms with van der Waals surface area (Å²) in [5.74, 6) is 9.55. The summed E-state index contributed by atoms with van der Waals surface area (Å²) in [6.45, 7) is 2.29. The van der Waals surface area contributed by atoms with Gasteiger partial charge in [-0.25, -0.2) is 4.39 Å². The van der Waals surface area contributed by atoms with E-state index in [2.05, 4.69) is 30.9 Å². The molecule has 152 valence electrons. The van der Waals surface area contributed by atoms with Crippen LogP contribution in [0.15, 0.2) is 36.4 Å². The molecule has 0 heterocycles. The quantitative estimate of drug-likeness (QED) is 0.346. The van der Waals surface area contributed by atoms with Crippen molar-refractivity contribution >= 4 is 0 Å². The molecular weight excluding hydrogens is 343 g/mol. The molecule has 0 saturated heterocycles. The van der Waals surface area contributed by atoms with E-state index in [-0.39, 0.29) is 5.82 Å². The smallest absolute Gasteiger partial charge is 0.123 e. The van der Waals surface area contributed by atoms with Gasteiger partial charge in [-0.05, 0) is 92.9 Å². The minimum absolute atomic E-state index is 0.139. The third-order valence-corrected chi connectivity index (χ3v) is 6.92. The molecule has 2 aliphatic rings. The van der Waals surface area contributed by atoms with Crippen molar-refractivity contribution in [3.05, 3.63) is 47.8 Å². The lowest BCUT2D eigenvalue weighted by Crippen LogP contribution is -2.13. The van der Waals surface area contributed by atoms with Crippen LogP contribution in [-0.2, 0) is 0 Å².